The van der Waals surface area contributed by atoms with E-state index < -0.39 is 17.7 Å². The predicted molar refractivity (Wildman–Crippen MR) is 59.2 cm³/mol. The highest BCUT2D eigenvalue weighted by atomic mass is 16.4. The standard InChI is InChI=1S/C11H21NO4/c1-11(16,10(14)15)7-12(2)8-5-3-4-6-9(8)13/h8-9,13,16H,3-7H2,1-2H3,(H,14,15). The van der Waals surface area contributed by atoms with Crippen molar-refractivity contribution in [1.29, 1.82) is 0 Å². The number of aliphatic carboxylic acids is 1. The second-order valence-corrected chi connectivity index (χ2v) is 4.91. The number of hydrogen-bond donors (Lipinski definition) is 3. The topological polar surface area (TPSA) is 81.0 Å². The van der Waals surface area contributed by atoms with Gasteiger partial charge in [-0.1, -0.05) is 12.8 Å². The fraction of sp³-hybridized carbons (Fsp3) is 0.909. The Hall–Kier alpha value is -0.650. The molecule has 3 unspecified atom stereocenters. The Morgan fingerprint density at radius 2 is 2.00 bits per heavy atom. The highest BCUT2D eigenvalue weighted by Crippen LogP contribution is 2.23. The summed E-state index contributed by atoms with van der Waals surface area (Å²) in [6.07, 6.45) is 3.25. The molecule has 1 fully saturated rings. The highest BCUT2D eigenvalue weighted by molar-refractivity contribution is 5.76. The monoisotopic (exact) mass is 231 g/mol. The van der Waals surface area contributed by atoms with Gasteiger partial charge in [0.25, 0.3) is 0 Å². The number of likely N-dealkylation sites (N-methyl/N-ethyl adjacent to an activating group) is 1. The van der Waals surface area contributed by atoms with Crippen LogP contribution >= 0.6 is 0 Å². The molecule has 16 heavy (non-hydrogen) atoms. The third-order valence-electron chi connectivity index (χ3n) is 3.28. The minimum Gasteiger partial charge on any atom is -0.479 e. The summed E-state index contributed by atoms with van der Waals surface area (Å²) >= 11 is 0. The van der Waals surface area contributed by atoms with Crippen molar-refractivity contribution < 1.29 is 20.1 Å². The number of carbonyl (C=O) groups is 1. The third-order valence-corrected chi connectivity index (χ3v) is 3.28. The largest absolute Gasteiger partial charge is 0.479 e. The van der Waals surface area contributed by atoms with Crippen molar-refractivity contribution in [1.82, 2.24) is 4.90 Å². The molecule has 0 amide bonds. The summed E-state index contributed by atoms with van der Waals surface area (Å²) in [5, 5.41) is 28.3. The summed E-state index contributed by atoms with van der Waals surface area (Å²) in [7, 11) is 1.75. The van der Waals surface area contributed by atoms with E-state index >= 15 is 0 Å². The van der Waals surface area contributed by atoms with E-state index in [1.54, 1.807) is 11.9 Å². The van der Waals surface area contributed by atoms with Crippen LogP contribution in [-0.2, 0) is 4.79 Å². The lowest BCUT2D eigenvalue weighted by molar-refractivity contribution is -0.159. The molecule has 0 aromatic carbocycles. The van der Waals surface area contributed by atoms with Crippen molar-refractivity contribution in [2.24, 2.45) is 0 Å². The van der Waals surface area contributed by atoms with Crippen LogP contribution in [0.3, 0.4) is 0 Å². The molecule has 3 atom stereocenters. The summed E-state index contributed by atoms with van der Waals surface area (Å²) < 4.78 is 0. The van der Waals surface area contributed by atoms with E-state index in [-0.39, 0.29) is 12.6 Å². The minimum atomic E-state index is -1.76. The van der Waals surface area contributed by atoms with Gasteiger partial charge >= 0.3 is 5.97 Å². The molecule has 0 aromatic rings. The molecule has 0 aromatic heterocycles. The van der Waals surface area contributed by atoms with E-state index in [0.717, 1.165) is 25.7 Å². The Morgan fingerprint density at radius 3 is 2.50 bits per heavy atom. The molecule has 5 heteroatoms. The summed E-state index contributed by atoms with van der Waals surface area (Å²) in [4.78, 5) is 12.5. The van der Waals surface area contributed by atoms with Crippen LogP contribution in [0, 0.1) is 0 Å². The Balaban J connectivity index is 2.57. The second-order valence-electron chi connectivity index (χ2n) is 4.91. The van der Waals surface area contributed by atoms with Gasteiger partial charge in [0.1, 0.15) is 0 Å². The maximum atomic E-state index is 10.8. The average molecular weight is 231 g/mol. The Morgan fingerprint density at radius 1 is 1.44 bits per heavy atom. The van der Waals surface area contributed by atoms with Gasteiger partial charge in [-0.3, -0.25) is 4.90 Å². The van der Waals surface area contributed by atoms with Gasteiger partial charge in [-0.25, -0.2) is 4.79 Å². The number of aliphatic hydroxyl groups excluding tert-OH is 1. The fourth-order valence-corrected chi connectivity index (χ4v) is 2.28. The van der Waals surface area contributed by atoms with Gasteiger partial charge in [-0.15, -0.1) is 0 Å². The summed E-state index contributed by atoms with van der Waals surface area (Å²) in [6.45, 7) is 1.31. The van der Waals surface area contributed by atoms with E-state index in [9.17, 15) is 15.0 Å². The smallest absolute Gasteiger partial charge is 0.336 e. The molecule has 0 bridgehead atoms. The van der Waals surface area contributed by atoms with Crippen LogP contribution in [0.15, 0.2) is 0 Å². The van der Waals surface area contributed by atoms with Crippen LogP contribution in [0.2, 0.25) is 0 Å². The number of nitrogens with zero attached hydrogens (tertiary/aromatic N) is 1. The van der Waals surface area contributed by atoms with Crippen LogP contribution in [0.25, 0.3) is 0 Å². The maximum absolute atomic E-state index is 10.8. The lowest BCUT2D eigenvalue weighted by Crippen LogP contribution is -2.52. The van der Waals surface area contributed by atoms with Crippen molar-refractivity contribution >= 4 is 5.97 Å². The van der Waals surface area contributed by atoms with Crippen LogP contribution < -0.4 is 0 Å². The maximum Gasteiger partial charge on any atom is 0.336 e. The first-order valence-electron chi connectivity index (χ1n) is 5.68. The van der Waals surface area contributed by atoms with Gasteiger partial charge in [-0.05, 0) is 26.8 Å². The number of aliphatic hydroxyl groups is 2. The van der Waals surface area contributed by atoms with Crippen molar-refractivity contribution in [3.05, 3.63) is 0 Å². The van der Waals surface area contributed by atoms with Gasteiger partial charge in [0.15, 0.2) is 5.60 Å². The van der Waals surface area contributed by atoms with Crippen LogP contribution in [-0.4, -0.2) is 57.5 Å². The molecule has 1 saturated carbocycles. The molecule has 0 aliphatic heterocycles. The van der Waals surface area contributed by atoms with Gasteiger partial charge in [0.2, 0.25) is 0 Å². The third kappa shape index (κ3) is 3.17. The lowest BCUT2D eigenvalue weighted by Gasteiger charge is -2.37. The van der Waals surface area contributed by atoms with Gasteiger partial charge in [0, 0.05) is 12.6 Å². The molecule has 0 saturated heterocycles. The zero-order valence-corrected chi connectivity index (χ0v) is 9.89. The van der Waals surface area contributed by atoms with Gasteiger partial charge in [-0.2, -0.15) is 0 Å². The lowest BCUT2D eigenvalue weighted by atomic mass is 9.91. The molecule has 1 aliphatic carbocycles. The van der Waals surface area contributed by atoms with Crippen molar-refractivity contribution in [3.63, 3.8) is 0 Å². The molecule has 1 rings (SSSR count). The molecule has 94 valence electrons. The molecule has 0 heterocycles. The molecule has 1 aliphatic rings. The normalized spacial score (nSPS) is 30.1. The number of carboxylic acids is 1. The van der Waals surface area contributed by atoms with E-state index in [2.05, 4.69) is 0 Å². The predicted octanol–water partition coefficient (Wildman–Crippen LogP) is 0.0573. The molecular formula is C11H21NO4. The van der Waals surface area contributed by atoms with Crippen molar-refractivity contribution in [2.75, 3.05) is 13.6 Å². The van der Waals surface area contributed by atoms with E-state index in [0.29, 0.717) is 0 Å². The first kappa shape index (κ1) is 13.4. The second kappa shape index (κ2) is 5.12. The number of hydrogen-bond acceptors (Lipinski definition) is 4. The first-order chi connectivity index (χ1) is 7.34. The minimum absolute atomic E-state index is 0.0318. The zero-order valence-electron chi connectivity index (χ0n) is 9.89. The van der Waals surface area contributed by atoms with E-state index in [4.69, 9.17) is 5.11 Å². The molecule has 5 nitrogen and oxygen atoms in total. The number of carboxylic acid groups (broad SMARTS) is 1. The Labute approximate surface area is 95.7 Å². The first-order valence-corrected chi connectivity index (χ1v) is 5.68. The van der Waals surface area contributed by atoms with Crippen molar-refractivity contribution in [3.8, 4) is 0 Å². The Bertz CT molecular complexity index is 254. The molecular weight excluding hydrogens is 210 g/mol. The summed E-state index contributed by atoms with van der Waals surface area (Å²) in [5.41, 5.74) is -1.76. The average Bonchev–Trinajstić information content (AvgIpc) is 2.17. The highest BCUT2D eigenvalue weighted by Gasteiger charge is 2.35. The van der Waals surface area contributed by atoms with Gasteiger partial charge in [0.05, 0.1) is 6.10 Å². The zero-order chi connectivity index (χ0) is 12.3. The number of rotatable bonds is 4. The van der Waals surface area contributed by atoms with Crippen molar-refractivity contribution in [2.45, 2.75) is 50.4 Å². The van der Waals surface area contributed by atoms with E-state index in [1.807, 2.05) is 0 Å². The Kier molecular flexibility index (Phi) is 4.29. The van der Waals surface area contributed by atoms with Crippen LogP contribution in [0.4, 0.5) is 0 Å². The van der Waals surface area contributed by atoms with Gasteiger partial charge < -0.3 is 15.3 Å². The van der Waals surface area contributed by atoms with Crippen LogP contribution in [0.1, 0.15) is 32.6 Å². The molecule has 3 N–H and O–H groups in total. The molecule has 0 spiro atoms. The SMILES string of the molecule is CN(CC(C)(O)C(=O)O)C1CCCCC1O. The molecule has 0 radical (unpaired) electrons. The van der Waals surface area contributed by atoms with E-state index in [1.165, 1.54) is 6.92 Å². The fourth-order valence-electron chi connectivity index (χ4n) is 2.28. The summed E-state index contributed by atoms with van der Waals surface area (Å²) in [5.74, 6) is -1.23. The summed E-state index contributed by atoms with van der Waals surface area (Å²) in [6, 6.07) is -0.0421. The van der Waals surface area contributed by atoms with Crippen LogP contribution in [0.5, 0.6) is 0 Å². The quantitative estimate of drug-likeness (QED) is 0.637.